The molecule has 0 saturated carbocycles. The smallest absolute Gasteiger partial charge is 0.269 e. The number of aliphatic hydroxyl groups is 1. The maximum absolute atomic E-state index is 10.7. The average molecular weight is 390 g/mol. The Morgan fingerprint density at radius 2 is 1.69 bits per heavy atom. The third-order valence-corrected chi connectivity index (χ3v) is 4.42. The number of hydrogen-bond acceptors (Lipinski definition) is 5. The molecule has 0 radical (unpaired) electrons. The van der Waals surface area contributed by atoms with Crippen molar-refractivity contribution >= 4 is 11.9 Å². The second-order valence-electron chi connectivity index (χ2n) is 6.50. The standard InChI is InChI=1S/C23H22N2O4/c26-15-14-23(24-16-18-6-10-21(11-7-18)25(27)28)20-8-12-22(13-9-20)29-17-19-4-2-1-3-5-19/h1-13,16,23,26H,14-15,17H2/t23-/m0/s1. The molecule has 3 aromatic rings. The van der Waals surface area contributed by atoms with Crippen LogP contribution < -0.4 is 4.74 Å². The number of benzene rings is 3. The predicted octanol–water partition coefficient (Wildman–Crippen LogP) is 4.72. The molecule has 0 aliphatic heterocycles. The molecule has 0 saturated heterocycles. The van der Waals surface area contributed by atoms with Crippen molar-refractivity contribution in [3.63, 3.8) is 0 Å². The van der Waals surface area contributed by atoms with Crippen molar-refractivity contribution in [1.82, 2.24) is 0 Å². The molecular formula is C23H22N2O4. The van der Waals surface area contributed by atoms with E-state index in [0.717, 1.165) is 22.4 Å². The highest BCUT2D eigenvalue weighted by Crippen LogP contribution is 2.24. The van der Waals surface area contributed by atoms with Gasteiger partial charge in [-0.15, -0.1) is 0 Å². The van der Waals surface area contributed by atoms with Gasteiger partial charge in [0.2, 0.25) is 0 Å². The lowest BCUT2D eigenvalue weighted by molar-refractivity contribution is -0.384. The number of aliphatic imine (C=N–C) groups is 1. The zero-order valence-corrected chi connectivity index (χ0v) is 15.8. The van der Waals surface area contributed by atoms with E-state index in [9.17, 15) is 15.2 Å². The van der Waals surface area contributed by atoms with Gasteiger partial charge in [-0.2, -0.15) is 0 Å². The van der Waals surface area contributed by atoms with E-state index >= 15 is 0 Å². The monoisotopic (exact) mass is 390 g/mol. The zero-order valence-electron chi connectivity index (χ0n) is 15.8. The van der Waals surface area contributed by atoms with Gasteiger partial charge in [-0.25, -0.2) is 0 Å². The van der Waals surface area contributed by atoms with E-state index in [4.69, 9.17) is 4.74 Å². The van der Waals surface area contributed by atoms with E-state index in [1.807, 2.05) is 54.6 Å². The topological polar surface area (TPSA) is 85.0 Å². The predicted molar refractivity (Wildman–Crippen MR) is 112 cm³/mol. The van der Waals surface area contributed by atoms with Crippen molar-refractivity contribution in [3.05, 3.63) is 106 Å². The highest BCUT2D eigenvalue weighted by molar-refractivity contribution is 5.80. The summed E-state index contributed by atoms with van der Waals surface area (Å²) in [5.74, 6) is 0.764. The van der Waals surface area contributed by atoms with Crippen LogP contribution in [0.1, 0.15) is 29.2 Å². The highest BCUT2D eigenvalue weighted by atomic mass is 16.6. The summed E-state index contributed by atoms with van der Waals surface area (Å²) in [6, 6.07) is 23.6. The van der Waals surface area contributed by atoms with Crippen LogP contribution in [-0.4, -0.2) is 22.9 Å². The van der Waals surface area contributed by atoms with E-state index < -0.39 is 4.92 Å². The fraction of sp³-hybridized carbons (Fsp3) is 0.174. The summed E-state index contributed by atoms with van der Waals surface area (Å²) in [6.07, 6.45) is 2.15. The minimum atomic E-state index is -0.434. The number of nitro benzene ring substituents is 1. The van der Waals surface area contributed by atoms with Gasteiger partial charge in [-0.3, -0.25) is 15.1 Å². The molecule has 3 aromatic carbocycles. The molecule has 1 N–H and O–H groups in total. The molecule has 1 atom stereocenters. The summed E-state index contributed by atoms with van der Waals surface area (Å²) in [6.45, 7) is 0.507. The van der Waals surface area contributed by atoms with Crippen LogP contribution >= 0.6 is 0 Å². The number of ether oxygens (including phenoxy) is 1. The molecule has 0 fully saturated rings. The Hall–Kier alpha value is -3.51. The van der Waals surface area contributed by atoms with E-state index in [-0.39, 0.29) is 18.3 Å². The Bertz CT molecular complexity index is 939. The van der Waals surface area contributed by atoms with Crippen molar-refractivity contribution in [2.45, 2.75) is 19.1 Å². The Labute approximate surface area is 169 Å². The molecule has 148 valence electrons. The van der Waals surface area contributed by atoms with Gasteiger partial charge >= 0.3 is 0 Å². The second-order valence-corrected chi connectivity index (χ2v) is 6.50. The highest BCUT2D eigenvalue weighted by Gasteiger charge is 2.10. The molecule has 0 amide bonds. The van der Waals surface area contributed by atoms with Crippen molar-refractivity contribution < 1.29 is 14.8 Å². The van der Waals surface area contributed by atoms with Gasteiger partial charge < -0.3 is 9.84 Å². The summed E-state index contributed by atoms with van der Waals surface area (Å²) < 4.78 is 5.80. The van der Waals surface area contributed by atoms with Crippen molar-refractivity contribution in [3.8, 4) is 5.75 Å². The Kier molecular flexibility index (Phi) is 7.08. The fourth-order valence-electron chi connectivity index (χ4n) is 2.83. The quantitative estimate of drug-likeness (QED) is 0.326. The van der Waals surface area contributed by atoms with Crippen LogP contribution in [0.25, 0.3) is 0 Å². The van der Waals surface area contributed by atoms with E-state index in [1.54, 1.807) is 18.3 Å². The number of hydrogen-bond donors (Lipinski definition) is 1. The number of nitrogens with zero attached hydrogens (tertiary/aromatic N) is 2. The second kappa shape index (κ2) is 10.1. The van der Waals surface area contributed by atoms with E-state index in [2.05, 4.69) is 4.99 Å². The number of aliphatic hydroxyl groups excluding tert-OH is 1. The zero-order chi connectivity index (χ0) is 20.5. The number of rotatable bonds is 9. The van der Waals surface area contributed by atoms with Gasteiger partial charge in [0, 0.05) is 25.0 Å². The van der Waals surface area contributed by atoms with Gasteiger partial charge in [-0.05, 0) is 47.4 Å². The van der Waals surface area contributed by atoms with Gasteiger partial charge in [0.25, 0.3) is 5.69 Å². The van der Waals surface area contributed by atoms with Crippen molar-refractivity contribution in [2.24, 2.45) is 4.99 Å². The first-order chi connectivity index (χ1) is 14.2. The fourth-order valence-corrected chi connectivity index (χ4v) is 2.83. The molecule has 6 nitrogen and oxygen atoms in total. The van der Waals surface area contributed by atoms with Gasteiger partial charge in [0.05, 0.1) is 11.0 Å². The van der Waals surface area contributed by atoms with Crippen LogP contribution in [0, 0.1) is 10.1 Å². The maximum Gasteiger partial charge on any atom is 0.269 e. The van der Waals surface area contributed by atoms with E-state index in [0.29, 0.717) is 13.0 Å². The lowest BCUT2D eigenvalue weighted by Gasteiger charge is -2.13. The van der Waals surface area contributed by atoms with Crippen LogP contribution in [0.4, 0.5) is 5.69 Å². The van der Waals surface area contributed by atoms with Crippen LogP contribution in [0.15, 0.2) is 83.9 Å². The molecule has 0 unspecified atom stereocenters. The molecule has 0 aromatic heterocycles. The summed E-state index contributed by atoms with van der Waals surface area (Å²) in [5, 5.41) is 20.1. The Morgan fingerprint density at radius 3 is 2.31 bits per heavy atom. The van der Waals surface area contributed by atoms with Crippen LogP contribution in [-0.2, 0) is 6.61 Å². The van der Waals surface area contributed by atoms with Crippen molar-refractivity contribution in [2.75, 3.05) is 6.61 Å². The van der Waals surface area contributed by atoms with Crippen molar-refractivity contribution in [1.29, 1.82) is 0 Å². The van der Waals surface area contributed by atoms with E-state index in [1.165, 1.54) is 12.1 Å². The third-order valence-electron chi connectivity index (χ3n) is 4.42. The minimum Gasteiger partial charge on any atom is -0.489 e. The van der Waals surface area contributed by atoms with Crippen LogP contribution in [0.3, 0.4) is 0 Å². The lowest BCUT2D eigenvalue weighted by Crippen LogP contribution is -2.01. The Balaban J connectivity index is 1.65. The SMILES string of the molecule is O=[N+]([O-])c1ccc(C=N[C@@H](CCO)c2ccc(OCc3ccccc3)cc2)cc1. The Morgan fingerprint density at radius 1 is 1.00 bits per heavy atom. The summed E-state index contributed by atoms with van der Waals surface area (Å²) in [4.78, 5) is 14.9. The van der Waals surface area contributed by atoms with Crippen LogP contribution in [0.2, 0.25) is 0 Å². The van der Waals surface area contributed by atoms with Crippen LogP contribution in [0.5, 0.6) is 5.75 Å². The van der Waals surface area contributed by atoms with Gasteiger partial charge in [0.1, 0.15) is 12.4 Å². The molecule has 6 heteroatoms. The number of non-ortho nitro benzene ring substituents is 1. The molecule has 0 heterocycles. The summed E-state index contributed by atoms with van der Waals surface area (Å²) in [7, 11) is 0. The van der Waals surface area contributed by atoms with Gasteiger partial charge in [-0.1, -0.05) is 42.5 Å². The van der Waals surface area contributed by atoms with Gasteiger partial charge in [0.15, 0.2) is 0 Å². The molecule has 29 heavy (non-hydrogen) atoms. The average Bonchev–Trinajstić information content (AvgIpc) is 2.76. The molecule has 0 bridgehead atoms. The molecule has 0 spiro atoms. The normalized spacial score (nSPS) is 12.0. The maximum atomic E-state index is 10.7. The first kappa shape index (κ1) is 20.2. The number of nitro groups is 1. The first-order valence-electron chi connectivity index (χ1n) is 9.31. The third kappa shape index (κ3) is 5.99. The largest absolute Gasteiger partial charge is 0.489 e. The molecule has 3 rings (SSSR count). The summed E-state index contributed by atoms with van der Waals surface area (Å²) in [5.41, 5.74) is 2.87. The summed E-state index contributed by atoms with van der Waals surface area (Å²) >= 11 is 0. The lowest BCUT2D eigenvalue weighted by atomic mass is 10.0. The first-order valence-corrected chi connectivity index (χ1v) is 9.31. The minimum absolute atomic E-state index is 0.00846. The molecular weight excluding hydrogens is 368 g/mol. The molecule has 0 aliphatic rings. The molecule has 0 aliphatic carbocycles.